The number of ether oxygens (including phenoxy) is 1. The van der Waals surface area contributed by atoms with E-state index in [1.807, 2.05) is 19.1 Å². The minimum Gasteiger partial charge on any atom is -0.378 e. The largest absolute Gasteiger partial charge is 0.378 e. The summed E-state index contributed by atoms with van der Waals surface area (Å²) in [7, 11) is 0. The minimum absolute atomic E-state index is 0.139. The Morgan fingerprint density at radius 2 is 1.80 bits per heavy atom. The normalized spacial score (nSPS) is 22.4. The molecule has 110 valence electrons. The van der Waals surface area contributed by atoms with Crippen molar-refractivity contribution in [1.82, 2.24) is 0 Å². The third-order valence-corrected chi connectivity index (χ3v) is 4.14. The maximum Gasteiger partial charge on any atom is 0.163 e. The number of carbonyl (C=O) groups is 1. The molecule has 0 aromatic heterocycles. The third-order valence-electron chi connectivity index (χ3n) is 4.14. The zero-order valence-electron chi connectivity index (χ0n) is 13.1. The predicted molar refractivity (Wildman–Crippen MR) is 82.2 cm³/mol. The monoisotopic (exact) mass is 274 g/mol. The van der Waals surface area contributed by atoms with Crippen LogP contribution in [-0.4, -0.2) is 18.5 Å². The SMILES string of the molecule is CCOC1CC(CC(=O)c2ccc(C(C)(C)C)cc2)C1. The first-order chi connectivity index (χ1) is 9.40. The van der Waals surface area contributed by atoms with Gasteiger partial charge in [0.1, 0.15) is 0 Å². The lowest BCUT2D eigenvalue weighted by Crippen LogP contribution is -2.32. The van der Waals surface area contributed by atoms with Crippen molar-refractivity contribution >= 4 is 5.78 Å². The maximum absolute atomic E-state index is 12.2. The van der Waals surface area contributed by atoms with E-state index in [1.165, 1.54) is 5.56 Å². The van der Waals surface area contributed by atoms with Crippen LogP contribution < -0.4 is 0 Å². The molecule has 1 aliphatic rings. The molecule has 0 bridgehead atoms. The summed E-state index contributed by atoms with van der Waals surface area (Å²) in [5, 5.41) is 0. The van der Waals surface area contributed by atoms with Crippen LogP contribution in [0.2, 0.25) is 0 Å². The lowest BCUT2D eigenvalue weighted by Gasteiger charge is -2.34. The van der Waals surface area contributed by atoms with E-state index in [9.17, 15) is 4.79 Å². The summed E-state index contributed by atoms with van der Waals surface area (Å²) in [4.78, 5) is 12.2. The van der Waals surface area contributed by atoms with E-state index in [1.54, 1.807) is 0 Å². The van der Waals surface area contributed by atoms with Gasteiger partial charge in [-0.2, -0.15) is 0 Å². The molecule has 2 heteroatoms. The fourth-order valence-corrected chi connectivity index (χ4v) is 2.75. The van der Waals surface area contributed by atoms with Gasteiger partial charge in [-0.05, 0) is 36.7 Å². The predicted octanol–water partition coefficient (Wildman–Crippen LogP) is 4.37. The summed E-state index contributed by atoms with van der Waals surface area (Å²) in [6.45, 7) is 9.36. The molecule has 2 nitrogen and oxygen atoms in total. The van der Waals surface area contributed by atoms with Gasteiger partial charge in [-0.3, -0.25) is 4.79 Å². The minimum atomic E-state index is 0.139. The van der Waals surface area contributed by atoms with Crippen LogP contribution in [0.4, 0.5) is 0 Å². The van der Waals surface area contributed by atoms with Gasteiger partial charge in [0.05, 0.1) is 6.10 Å². The van der Waals surface area contributed by atoms with E-state index in [0.29, 0.717) is 18.4 Å². The number of rotatable bonds is 5. The highest BCUT2D eigenvalue weighted by Gasteiger charge is 2.31. The summed E-state index contributed by atoms with van der Waals surface area (Å²) in [6, 6.07) is 8.11. The maximum atomic E-state index is 12.2. The van der Waals surface area contributed by atoms with Crippen molar-refractivity contribution in [3.8, 4) is 0 Å². The highest BCUT2D eigenvalue weighted by atomic mass is 16.5. The molecule has 0 unspecified atom stereocenters. The fourth-order valence-electron chi connectivity index (χ4n) is 2.75. The Labute approximate surface area is 122 Å². The van der Waals surface area contributed by atoms with Crippen molar-refractivity contribution in [2.45, 2.75) is 58.5 Å². The standard InChI is InChI=1S/C18H26O2/c1-5-20-16-10-13(11-16)12-17(19)14-6-8-15(9-7-14)18(2,3)4/h6-9,13,16H,5,10-12H2,1-4H3. The van der Waals surface area contributed by atoms with E-state index in [-0.39, 0.29) is 11.2 Å². The Balaban J connectivity index is 1.88. The second kappa shape index (κ2) is 6.09. The van der Waals surface area contributed by atoms with Gasteiger partial charge in [0.2, 0.25) is 0 Å². The average molecular weight is 274 g/mol. The molecule has 20 heavy (non-hydrogen) atoms. The van der Waals surface area contributed by atoms with Crippen molar-refractivity contribution in [1.29, 1.82) is 0 Å². The molecule has 0 N–H and O–H groups in total. The van der Waals surface area contributed by atoms with Crippen LogP contribution in [0.25, 0.3) is 0 Å². The molecule has 0 spiro atoms. The third kappa shape index (κ3) is 3.69. The van der Waals surface area contributed by atoms with Gasteiger partial charge < -0.3 is 4.74 Å². The number of ketones is 1. The van der Waals surface area contributed by atoms with Crippen LogP contribution in [0.5, 0.6) is 0 Å². The van der Waals surface area contributed by atoms with Crippen molar-refractivity contribution in [3.05, 3.63) is 35.4 Å². The molecule has 1 saturated carbocycles. The molecule has 1 aromatic carbocycles. The van der Waals surface area contributed by atoms with Crippen molar-refractivity contribution in [2.75, 3.05) is 6.61 Å². The van der Waals surface area contributed by atoms with Crippen LogP contribution in [0.15, 0.2) is 24.3 Å². The molecule has 0 atom stereocenters. The Kier molecular flexibility index (Phi) is 4.64. The van der Waals surface area contributed by atoms with Gasteiger partial charge in [-0.1, -0.05) is 45.0 Å². The molecule has 0 amide bonds. The summed E-state index contributed by atoms with van der Waals surface area (Å²) in [5.74, 6) is 0.784. The van der Waals surface area contributed by atoms with Crippen LogP contribution >= 0.6 is 0 Å². The second-order valence-corrected chi connectivity index (χ2v) is 6.87. The summed E-state index contributed by atoms with van der Waals surface area (Å²) in [5.41, 5.74) is 2.26. The zero-order chi connectivity index (χ0) is 14.8. The first-order valence-electron chi connectivity index (χ1n) is 7.65. The molecule has 0 aliphatic heterocycles. The van der Waals surface area contributed by atoms with E-state index < -0.39 is 0 Å². The molecule has 1 fully saturated rings. The quantitative estimate of drug-likeness (QED) is 0.745. The summed E-state index contributed by atoms with van der Waals surface area (Å²) >= 11 is 0. The number of benzene rings is 1. The first-order valence-corrected chi connectivity index (χ1v) is 7.65. The second-order valence-electron chi connectivity index (χ2n) is 6.87. The van der Waals surface area contributed by atoms with E-state index in [4.69, 9.17) is 4.74 Å². The molecule has 1 aromatic rings. The van der Waals surface area contributed by atoms with Gasteiger partial charge >= 0.3 is 0 Å². The number of carbonyl (C=O) groups excluding carboxylic acids is 1. The van der Waals surface area contributed by atoms with Crippen LogP contribution in [0.1, 0.15) is 62.9 Å². The van der Waals surface area contributed by atoms with Gasteiger partial charge in [-0.15, -0.1) is 0 Å². The van der Waals surface area contributed by atoms with Gasteiger partial charge in [0, 0.05) is 18.6 Å². The van der Waals surface area contributed by atoms with E-state index in [2.05, 4.69) is 32.9 Å². The van der Waals surface area contributed by atoms with Crippen molar-refractivity contribution in [2.24, 2.45) is 5.92 Å². The van der Waals surface area contributed by atoms with Crippen LogP contribution in [0.3, 0.4) is 0 Å². The van der Waals surface area contributed by atoms with Gasteiger partial charge in [-0.25, -0.2) is 0 Å². The Bertz CT molecular complexity index is 447. The van der Waals surface area contributed by atoms with E-state index in [0.717, 1.165) is 25.0 Å². The molecule has 2 rings (SSSR count). The lowest BCUT2D eigenvalue weighted by atomic mass is 9.78. The highest BCUT2D eigenvalue weighted by molar-refractivity contribution is 5.96. The number of Topliss-reactive ketones (excluding diaryl/α,β-unsaturated/α-hetero) is 1. The Morgan fingerprint density at radius 3 is 2.30 bits per heavy atom. The van der Waals surface area contributed by atoms with E-state index >= 15 is 0 Å². The molecular weight excluding hydrogens is 248 g/mol. The molecule has 1 aliphatic carbocycles. The Morgan fingerprint density at radius 1 is 1.20 bits per heavy atom. The Hall–Kier alpha value is -1.15. The smallest absolute Gasteiger partial charge is 0.163 e. The summed E-state index contributed by atoms with van der Waals surface area (Å²) < 4.78 is 5.54. The highest BCUT2D eigenvalue weighted by Crippen LogP contribution is 2.33. The molecular formula is C18H26O2. The molecule has 0 radical (unpaired) electrons. The average Bonchev–Trinajstić information content (AvgIpc) is 2.35. The number of hydrogen-bond acceptors (Lipinski definition) is 2. The van der Waals surface area contributed by atoms with Gasteiger partial charge in [0.15, 0.2) is 5.78 Å². The van der Waals surface area contributed by atoms with Crippen molar-refractivity contribution < 1.29 is 9.53 Å². The van der Waals surface area contributed by atoms with Crippen LogP contribution in [0, 0.1) is 5.92 Å². The first kappa shape index (κ1) is 15.2. The lowest BCUT2D eigenvalue weighted by molar-refractivity contribution is -0.0246. The number of hydrogen-bond donors (Lipinski definition) is 0. The van der Waals surface area contributed by atoms with Crippen LogP contribution in [-0.2, 0) is 10.2 Å². The summed E-state index contributed by atoms with van der Waals surface area (Å²) in [6.07, 6.45) is 3.14. The molecule has 0 heterocycles. The van der Waals surface area contributed by atoms with Crippen molar-refractivity contribution in [3.63, 3.8) is 0 Å². The van der Waals surface area contributed by atoms with Gasteiger partial charge in [0.25, 0.3) is 0 Å². The fraction of sp³-hybridized carbons (Fsp3) is 0.611. The molecule has 0 saturated heterocycles. The zero-order valence-corrected chi connectivity index (χ0v) is 13.1. The topological polar surface area (TPSA) is 26.3 Å².